The molecule has 0 aliphatic carbocycles. The number of anilines is 1. The molecule has 0 aliphatic heterocycles. The molecule has 0 saturated carbocycles. The third-order valence-corrected chi connectivity index (χ3v) is 3.33. The fraction of sp³-hybridized carbons (Fsp3) is 0.333. The van der Waals surface area contributed by atoms with Crippen molar-refractivity contribution < 1.29 is 4.74 Å². The topological polar surface area (TPSA) is 21.3 Å². The lowest BCUT2D eigenvalue weighted by atomic mass is 10.1. The van der Waals surface area contributed by atoms with Crippen molar-refractivity contribution in [3.05, 3.63) is 60.2 Å². The molecule has 1 unspecified atom stereocenters. The van der Waals surface area contributed by atoms with Gasteiger partial charge in [-0.05, 0) is 37.5 Å². The molecule has 0 aromatic heterocycles. The second-order valence-corrected chi connectivity index (χ2v) is 5.03. The van der Waals surface area contributed by atoms with Crippen molar-refractivity contribution in [1.29, 1.82) is 0 Å². The van der Waals surface area contributed by atoms with Crippen LogP contribution in [-0.2, 0) is 6.42 Å². The molecule has 20 heavy (non-hydrogen) atoms. The van der Waals surface area contributed by atoms with Crippen molar-refractivity contribution in [2.75, 3.05) is 11.9 Å². The van der Waals surface area contributed by atoms with Crippen LogP contribution in [0.5, 0.6) is 5.75 Å². The monoisotopic (exact) mass is 269 g/mol. The van der Waals surface area contributed by atoms with E-state index in [0.717, 1.165) is 30.8 Å². The molecular weight excluding hydrogens is 246 g/mol. The maximum absolute atomic E-state index is 5.83. The van der Waals surface area contributed by atoms with Gasteiger partial charge >= 0.3 is 0 Å². The Balaban J connectivity index is 1.85. The van der Waals surface area contributed by atoms with Crippen LogP contribution in [0.25, 0.3) is 0 Å². The number of hydrogen-bond acceptors (Lipinski definition) is 2. The van der Waals surface area contributed by atoms with E-state index in [4.69, 9.17) is 4.74 Å². The van der Waals surface area contributed by atoms with Gasteiger partial charge in [-0.15, -0.1) is 0 Å². The lowest BCUT2D eigenvalue weighted by molar-refractivity contribution is 0.217. The number of benzene rings is 2. The zero-order valence-corrected chi connectivity index (χ0v) is 12.3. The lowest BCUT2D eigenvalue weighted by Gasteiger charge is -2.14. The second kappa shape index (κ2) is 7.59. The molecule has 1 atom stereocenters. The third-order valence-electron chi connectivity index (χ3n) is 3.33. The summed E-state index contributed by atoms with van der Waals surface area (Å²) in [4.78, 5) is 0. The van der Waals surface area contributed by atoms with Gasteiger partial charge in [-0.25, -0.2) is 0 Å². The van der Waals surface area contributed by atoms with Crippen LogP contribution in [0, 0.1) is 0 Å². The highest BCUT2D eigenvalue weighted by Crippen LogP contribution is 2.19. The summed E-state index contributed by atoms with van der Waals surface area (Å²) in [5.74, 6) is 0.934. The van der Waals surface area contributed by atoms with Gasteiger partial charge in [-0.1, -0.05) is 43.3 Å². The van der Waals surface area contributed by atoms with Gasteiger partial charge in [-0.2, -0.15) is 0 Å². The summed E-state index contributed by atoms with van der Waals surface area (Å²) in [5, 5.41) is 3.44. The summed E-state index contributed by atoms with van der Waals surface area (Å²) >= 11 is 0. The molecule has 0 radical (unpaired) electrons. The van der Waals surface area contributed by atoms with E-state index in [1.54, 1.807) is 0 Å². The van der Waals surface area contributed by atoms with Gasteiger partial charge in [0.2, 0.25) is 0 Å². The first-order valence-corrected chi connectivity index (χ1v) is 7.32. The maximum Gasteiger partial charge on any atom is 0.121 e. The van der Waals surface area contributed by atoms with E-state index < -0.39 is 0 Å². The van der Waals surface area contributed by atoms with Crippen LogP contribution in [-0.4, -0.2) is 12.6 Å². The van der Waals surface area contributed by atoms with Crippen molar-refractivity contribution >= 4 is 5.69 Å². The Labute approximate surface area is 121 Å². The first kappa shape index (κ1) is 14.4. The van der Waals surface area contributed by atoms with Crippen molar-refractivity contribution in [2.24, 2.45) is 0 Å². The summed E-state index contributed by atoms with van der Waals surface area (Å²) in [6.45, 7) is 5.15. The van der Waals surface area contributed by atoms with E-state index in [2.05, 4.69) is 55.6 Å². The molecule has 0 spiro atoms. The summed E-state index contributed by atoms with van der Waals surface area (Å²) < 4.78 is 5.83. The molecule has 0 fully saturated rings. The van der Waals surface area contributed by atoms with E-state index >= 15 is 0 Å². The van der Waals surface area contributed by atoms with Gasteiger partial charge in [0, 0.05) is 18.3 Å². The standard InChI is InChI=1S/C18H23NO/c1-3-15(2)20-18-11-7-10-17(14-18)19-13-12-16-8-5-4-6-9-16/h4-11,14-15,19H,3,12-13H2,1-2H3. The molecule has 1 N–H and O–H groups in total. The van der Waals surface area contributed by atoms with E-state index in [1.165, 1.54) is 5.56 Å². The number of ether oxygens (including phenoxy) is 1. The highest BCUT2D eigenvalue weighted by molar-refractivity contribution is 5.48. The Morgan fingerprint density at radius 2 is 1.85 bits per heavy atom. The van der Waals surface area contributed by atoms with Gasteiger partial charge < -0.3 is 10.1 Å². The highest BCUT2D eigenvalue weighted by Gasteiger charge is 2.01. The van der Waals surface area contributed by atoms with Crippen LogP contribution in [0.4, 0.5) is 5.69 Å². The molecule has 0 aliphatic rings. The summed E-state index contributed by atoms with van der Waals surface area (Å²) in [6, 6.07) is 18.7. The van der Waals surface area contributed by atoms with Crippen LogP contribution < -0.4 is 10.1 Å². The molecular formula is C18H23NO. The summed E-state index contributed by atoms with van der Waals surface area (Å²) in [7, 11) is 0. The van der Waals surface area contributed by atoms with Crippen LogP contribution in [0.2, 0.25) is 0 Å². The predicted octanol–water partition coefficient (Wildman–Crippen LogP) is 4.52. The average Bonchev–Trinajstić information content (AvgIpc) is 2.48. The zero-order valence-electron chi connectivity index (χ0n) is 12.3. The lowest BCUT2D eigenvalue weighted by Crippen LogP contribution is -2.10. The minimum Gasteiger partial charge on any atom is -0.491 e. The molecule has 0 heterocycles. The first-order chi connectivity index (χ1) is 9.78. The molecule has 2 nitrogen and oxygen atoms in total. The summed E-state index contributed by atoms with van der Waals surface area (Å²) in [6.07, 6.45) is 2.30. The van der Waals surface area contributed by atoms with Gasteiger partial charge in [0.1, 0.15) is 5.75 Å². The normalized spacial score (nSPS) is 11.9. The van der Waals surface area contributed by atoms with Gasteiger partial charge in [0.25, 0.3) is 0 Å². The van der Waals surface area contributed by atoms with Crippen molar-refractivity contribution in [1.82, 2.24) is 0 Å². The highest BCUT2D eigenvalue weighted by atomic mass is 16.5. The van der Waals surface area contributed by atoms with Gasteiger partial charge in [-0.3, -0.25) is 0 Å². The third kappa shape index (κ3) is 4.61. The Kier molecular flexibility index (Phi) is 5.48. The molecule has 2 rings (SSSR count). The Morgan fingerprint density at radius 1 is 1.05 bits per heavy atom. The molecule has 2 aromatic rings. The Morgan fingerprint density at radius 3 is 2.60 bits per heavy atom. The molecule has 0 saturated heterocycles. The van der Waals surface area contributed by atoms with E-state index in [-0.39, 0.29) is 6.10 Å². The molecule has 0 amide bonds. The second-order valence-electron chi connectivity index (χ2n) is 5.03. The molecule has 2 heteroatoms. The van der Waals surface area contributed by atoms with Crippen molar-refractivity contribution in [3.63, 3.8) is 0 Å². The molecule has 2 aromatic carbocycles. The minimum atomic E-state index is 0.259. The number of rotatable bonds is 7. The van der Waals surface area contributed by atoms with Gasteiger partial charge in [0.05, 0.1) is 6.10 Å². The predicted molar refractivity (Wildman–Crippen MR) is 85.5 cm³/mol. The maximum atomic E-state index is 5.83. The number of nitrogens with one attached hydrogen (secondary N) is 1. The largest absolute Gasteiger partial charge is 0.491 e. The Bertz CT molecular complexity index is 510. The smallest absolute Gasteiger partial charge is 0.121 e. The zero-order chi connectivity index (χ0) is 14.2. The van der Waals surface area contributed by atoms with E-state index in [0.29, 0.717) is 0 Å². The van der Waals surface area contributed by atoms with Crippen LogP contribution in [0.1, 0.15) is 25.8 Å². The van der Waals surface area contributed by atoms with Crippen LogP contribution >= 0.6 is 0 Å². The van der Waals surface area contributed by atoms with Crippen LogP contribution in [0.3, 0.4) is 0 Å². The minimum absolute atomic E-state index is 0.259. The fourth-order valence-corrected chi connectivity index (χ4v) is 1.99. The average molecular weight is 269 g/mol. The first-order valence-electron chi connectivity index (χ1n) is 7.32. The fourth-order valence-electron chi connectivity index (χ4n) is 1.99. The van der Waals surface area contributed by atoms with E-state index in [9.17, 15) is 0 Å². The Hall–Kier alpha value is -1.96. The van der Waals surface area contributed by atoms with Crippen molar-refractivity contribution in [3.8, 4) is 5.75 Å². The van der Waals surface area contributed by atoms with Crippen molar-refractivity contribution in [2.45, 2.75) is 32.8 Å². The molecule has 0 bridgehead atoms. The SMILES string of the molecule is CCC(C)Oc1cccc(NCCc2ccccc2)c1. The number of hydrogen-bond donors (Lipinski definition) is 1. The quantitative estimate of drug-likeness (QED) is 0.798. The molecule has 106 valence electrons. The summed E-state index contributed by atoms with van der Waals surface area (Å²) in [5.41, 5.74) is 2.47. The van der Waals surface area contributed by atoms with E-state index in [1.807, 2.05) is 18.2 Å². The van der Waals surface area contributed by atoms with Gasteiger partial charge in [0.15, 0.2) is 0 Å². The van der Waals surface area contributed by atoms with Crippen LogP contribution in [0.15, 0.2) is 54.6 Å².